The largest absolute Gasteiger partial charge is 0.393 e. The number of aliphatic hydroxyl groups excluding tert-OH is 1. The van der Waals surface area contributed by atoms with Crippen molar-refractivity contribution >= 4 is 11.8 Å². The number of likely N-dealkylation sites (N-methyl/N-ethyl adjacent to an activating group) is 1. The standard InChI is InChI=1S/C27H40F3N7O/c1-19(4-3-11-27(28,29)30)33-26-32-17-23(25(35-26)34-21-6-8-22(38)9-7-21)24-10-5-20(16-31-24)18-37-14-12-36(2)13-15-37/h5,10,16-17,19,21-22,38H,3-4,6-9,11-15,18H2,1-2H3,(H2,32,33,34,35)/t19?,21-,22-. The first-order valence-corrected chi connectivity index (χ1v) is 13.7. The number of nitrogens with one attached hydrogen (secondary N) is 2. The maximum atomic E-state index is 12.5. The summed E-state index contributed by atoms with van der Waals surface area (Å²) >= 11 is 0. The third kappa shape index (κ3) is 8.78. The minimum absolute atomic E-state index is 0.0512. The topological polar surface area (TPSA) is 89.4 Å². The molecule has 11 heteroatoms. The molecule has 3 N–H and O–H groups in total. The quantitative estimate of drug-likeness (QED) is 0.409. The molecule has 8 nitrogen and oxygen atoms in total. The monoisotopic (exact) mass is 535 g/mol. The number of hydrogen-bond acceptors (Lipinski definition) is 8. The molecule has 2 fully saturated rings. The molecule has 4 rings (SSSR count). The van der Waals surface area contributed by atoms with Gasteiger partial charge in [0, 0.05) is 63.6 Å². The van der Waals surface area contributed by atoms with E-state index in [2.05, 4.69) is 38.5 Å². The lowest BCUT2D eigenvalue weighted by molar-refractivity contribution is -0.135. The number of aromatic nitrogens is 3. The summed E-state index contributed by atoms with van der Waals surface area (Å²) in [7, 11) is 2.15. The van der Waals surface area contributed by atoms with Crippen LogP contribution in [-0.2, 0) is 6.54 Å². The maximum absolute atomic E-state index is 12.5. The molecule has 2 aromatic rings. The van der Waals surface area contributed by atoms with E-state index >= 15 is 0 Å². The van der Waals surface area contributed by atoms with Crippen LogP contribution in [0.2, 0.25) is 0 Å². The number of halogens is 3. The summed E-state index contributed by atoms with van der Waals surface area (Å²) < 4.78 is 37.5. The van der Waals surface area contributed by atoms with E-state index in [0.717, 1.165) is 75.2 Å². The predicted octanol–water partition coefficient (Wildman–Crippen LogP) is 4.53. The van der Waals surface area contributed by atoms with Crippen LogP contribution in [0.4, 0.5) is 24.9 Å². The number of pyridine rings is 1. The summed E-state index contributed by atoms with van der Waals surface area (Å²) in [5.74, 6) is 1.02. The van der Waals surface area contributed by atoms with Crippen LogP contribution in [0.15, 0.2) is 24.5 Å². The molecular weight excluding hydrogens is 495 g/mol. The van der Waals surface area contributed by atoms with Gasteiger partial charge in [0.2, 0.25) is 5.95 Å². The average Bonchev–Trinajstić information content (AvgIpc) is 2.87. The van der Waals surface area contributed by atoms with Gasteiger partial charge in [0.1, 0.15) is 5.82 Å². The van der Waals surface area contributed by atoms with Gasteiger partial charge >= 0.3 is 6.18 Å². The van der Waals surface area contributed by atoms with Crippen molar-refractivity contribution in [2.45, 2.75) is 82.8 Å². The summed E-state index contributed by atoms with van der Waals surface area (Å²) in [5.41, 5.74) is 2.69. The predicted molar refractivity (Wildman–Crippen MR) is 143 cm³/mol. The molecule has 0 amide bonds. The fourth-order valence-corrected chi connectivity index (χ4v) is 5.01. The second-order valence-electron chi connectivity index (χ2n) is 10.8. The Kier molecular flexibility index (Phi) is 9.78. The van der Waals surface area contributed by atoms with E-state index in [-0.39, 0.29) is 24.6 Å². The van der Waals surface area contributed by atoms with Crippen molar-refractivity contribution in [1.29, 1.82) is 0 Å². The third-order valence-electron chi connectivity index (χ3n) is 7.40. The number of piperazine rings is 1. The minimum Gasteiger partial charge on any atom is -0.393 e. The van der Waals surface area contributed by atoms with Crippen molar-refractivity contribution in [3.8, 4) is 11.3 Å². The van der Waals surface area contributed by atoms with Crippen LogP contribution in [-0.4, -0.2) is 87.4 Å². The van der Waals surface area contributed by atoms with E-state index in [1.165, 1.54) is 0 Å². The summed E-state index contributed by atoms with van der Waals surface area (Å²) in [6, 6.07) is 4.05. The summed E-state index contributed by atoms with van der Waals surface area (Å²) in [5, 5.41) is 16.6. The van der Waals surface area contributed by atoms with E-state index in [9.17, 15) is 18.3 Å². The van der Waals surface area contributed by atoms with E-state index in [1.807, 2.05) is 19.2 Å². The molecule has 2 aliphatic rings. The van der Waals surface area contributed by atoms with E-state index in [1.54, 1.807) is 6.20 Å². The first-order chi connectivity index (χ1) is 18.1. The smallest absolute Gasteiger partial charge is 0.389 e. The number of nitrogens with zero attached hydrogens (tertiary/aromatic N) is 5. The van der Waals surface area contributed by atoms with Crippen molar-refractivity contribution in [2.24, 2.45) is 0 Å². The molecule has 1 atom stereocenters. The number of anilines is 2. The normalized spacial score (nSPS) is 22.3. The molecule has 1 aliphatic heterocycles. The van der Waals surface area contributed by atoms with E-state index in [0.29, 0.717) is 18.2 Å². The van der Waals surface area contributed by atoms with Gasteiger partial charge in [-0.3, -0.25) is 9.88 Å². The molecule has 1 saturated heterocycles. The van der Waals surface area contributed by atoms with E-state index in [4.69, 9.17) is 9.97 Å². The third-order valence-corrected chi connectivity index (χ3v) is 7.40. The zero-order valence-electron chi connectivity index (χ0n) is 22.3. The molecular formula is C27H40F3N7O. The Labute approximate surface area is 223 Å². The van der Waals surface area contributed by atoms with Crippen LogP contribution < -0.4 is 10.6 Å². The molecule has 38 heavy (non-hydrogen) atoms. The maximum Gasteiger partial charge on any atom is 0.389 e. The summed E-state index contributed by atoms with van der Waals surface area (Å²) in [6.45, 7) is 6.92. The van der Waals surface area contributed by atoms with Gasteiger partial charge in [-0.15, -0.1) is 0 Å². The average molecular weight is 536 g/mol. The molecule has 1 saturated carbocycles. The minimum atomic E-state index is -4.14. The van der Waals surface area contributed by atoms with Crippen molar-refractivity contribution in [2.75, 3.05) is 43.9 Å². The first-order valence-electron chi connectivity index (χ1n) is 13.7. The Balaban J connectivity index is 1.46. The van der Waals surface area contributed by atoms with Crippen LogP contribution in [0.3, 0.4) is 0 Å². The number of hydrogen-bond donors (Lipinski definition) is 3. The zero-order valence-corrected chi connectivity index (χ0v) is 22.3. The van der Waals surface area contributed by atoms with Gasteiger partial charge in [0.05, 0.1) is 17.4 Å². The fraction of sp³-hybridized carbons (Fsp3) is 0.667. The molecule has 1 unspecified atom stereocenters. The number of aliphatic hydroxyl groups is 1. The molecule has 1 aliphatic carbocycles. The first kappa shape index (κ1) is 28.5. The highest BCUT2D eigenvalue weighted by Gasteiger charge is 2.26. The van der Waals surface area contributed by atoms with Crippen LogP contribution in [0, 0.1) is 0 Å². The van der Waals surface area contributed by atoms with Crippen LogP contribution >= 0.6 is 0 Å². The number of rotatable bonds is 10. The Hall–Kier alpha value is -2.50. The highest BCUT2D eigenvalue weighted by Crippen LogP contribution is 2.30. The molecule has 0 radical (unpaired) electrons. The highest BCUT2D eigenvalue weighted by molar-refractivity contribution is 5.73. The molecule has 2 aromatic heterocycles. The second kappa shape index (κ2) is 13.0. The van der Waals surface area contributed by atoms with Gasteiger partial charge in [0.25, 0.3) is 0 Å². The van der Waals surface area contributed by atoms with Gasteiger partial charge in [-0.05, 0) is 64.1 Å². The van der Waals surface area contributed by atoms with Gasteiger partial charge < -0.3 is 20.6 Å². The van der Waals surface area contributed by atoms with E-state index < -0.39 is 12.6 Å². The Bertz CT molecular complexity index is 1000. The van der Waals surface area contributed by atoms with Crippen LogP contribution in [0.5, 0.6) is 0 Å². The lowest BCUT2D eigenvalue weighted by Gasteiger charge is -2.32. The van der Waals surface area contributed by atoms with Crippen molar-refractivity contribution < 1.29 is 18.3 Å². The van der Waals surface area contributed by atoms with Crippen molar-refractivity contribution in [3.63, 3.8) is 0 Å². The van der Waals surface area contributed by atoms with Gasteiger partial charge in [-0.25, -0.2) is 4.98 Å². The molecule has 0 bridgehead atoms. The van der Waals surface area contributed by atoms with Crippen molar-refractivity contribution in [3.05, 3.63) is 30.1 Å². The van der Waals surface area contributed by atoms with Gasteiger partial charge in [-0.2, -0.15) is 18.2 Å². The zero-order chi connectivity index (χ0) is 27.1. The molecule has 0 spiro atoms. The SMILES string of the molecule is CC(CCCC(F)(F)F)Nc1ncc(-c2ccc(CN3CCN(C)CC3)cn2)c(N[C@H]2CC[C@H](O)CC2)n1. The second-order valence-corrected chi connectivity index (χ2v) is 10.8. The Morgan fingerprint density at radius 3 is 2.45 bits per heavy atom. The Morgan fingerprint density at radius 2 is 1.79 bits per heavy atom. The number of alkyl halides is 3. The molecule has 0 aromatic carbocycles. The highest BCUT2D eigenvalue weighted by atomic mass is 19.4. The Morgan fingerprint density at radius 1 is 1.05 bits per heavy atom. The van der Waals surface area contributed by atoms with Crippen molar-refractivity contribution in [1.82, 2.24) is 24.8 Å². The summed E-state index contributed by atoms with van der Waals surface area (Å²) in [4.78, 5) is 18.7. The van der Waals surface area contributed by atoms with Gasteiger partial charge in [-0.1, -0.05) is 6.07 Å². The lowest BCUT2D eigenvalue weighted by Crippen LogP contribution is -2.43. The van der Waals surface area contributed by atoms with Gasteiger partial charge in [0.15, 0.2) is 0 Å². The lowest BCUT2D eigenvalue weighted by atomic mass is 9.93. The fourth-order valence-electron chi connectivity index (χ4n) is 5.01. The van der Waals surface area contributed by atoms with Crippen LogP contribution in [0.1, 0.15) is 57.4 Å². The van der Waals surface area contributed by atoms with Crippen LogP contribution in [0.25, 0.3) is 11.3 Å². The molecule has 210 valence electrons. The molecule has 3 heterocycles. The summed E-state index contributed by atoms with van der Waals surface area (Å²) in [6.07, 6.45) is 1.98.